The van der Waals surface area contributed by atoms with Gasteiger partial charge in [-0.05, 0) is 135 Å². The van der Waals surface area contributed by atoms with E-state index in [1.165, 1.54) is 107 Å². The number of nitrogens with zero attached hydrogens (tertiary/aromatic N) is 2. The van der Waals surface area contributed by atoms with Crippen LogP contribution in [-0.4, -0.2) is 9.13 Å². The van der Waals surface area contributed by atoms with Crippen molar-refractivity contribution in [2.45, 2.75) is 51.4 Å². The van der Waals surface area contributed by atoms with Gasteiger partial charge in [-0.3, -0.25) is 0 Å². The minimum absolute atomic E-state index is 0.142. The molecule has 0 unspecified atom stereocenters. The molecule has 0 N–H and O–H groups in total. The Kier molecular flexibility index (Phi) is 7.72. The summed E-state index contributed by atoms with van der Waals surface area (Å²) in [4.78, 5) is 0. The van der Waals surface area contributed by atoms with Gasteiger partial charge in [-0.25, -0.2) is 0 Å². The van der Waals surface area contributed by atoms with Crippen molar-refractivity contribution in [3.63, 3.8) is 0 Å². The second kappa shape index (κ2) is 12.9. The molecule has 0 fully saturated rings. The van der Waals surface area contributed by atoms with Gasteiger partial charge in [0.25, 0.3) is 0 Å². The molecule has 2 heterocycles. The van der Waals surface area contributed by atoms with Crippen molar-refractivity contribution in [2.24, 2.45) is 0 Å². The standard InChI is InChI=1S/C56H46N2/c1-55(2)29-30-56(3,4)50-36-43(25-26-49(50)55)57-51-21-13-11-19-45(51)47-34-39(23-27-53(47)57)40-24-28-54-48(35-40)46-20-12-14-22-52(46)58(54)44-32-41(37-15-7-5-8-16-37)31-42(33-44)38-17-9-6-10-18-38/h5-28,31-36H,29-30H2,1-4H3. The van der Waals surface area contributed by atoms with Gasteiger partial charge < -0.3 is 9.13 Å². The molecule has 2 aromatic heterocycles. The topological polar surface area (TPSA) is 9.86 Å². The van der Waals surface area contributed by atoms with E-state index in [1.807, 2.05) is 0 Å². The Morgan fingerprint density at radius 2 is 0.759 bits per heavy atom. The number of hydrogen-bond acceptors (Lipinski definition) is 0. The van der Waals surface area contributed by atoms with Gasteiger partial charge in [0.2, 0.25) is 0 Å². The van der Waals surface area contributed by atoms with E-state index in [0.717, 1.165) is 5.69 Å². The smallest absolute Gasteiger partial charge is 0.0541 e. The van der Waals surface area contributed by atoms with E-state index in [-0.39, 0.29) is 10.8 Å². The van der Waals surface area contributed by atoms with Crippen LogP contribution >= 0.6 is 0 Å². The van der Waals surface area contributed by atoms with Crippen molar-refractivity contribution >= 4 is 43.6 Å². The molecule has 1 aliphatic rings. The number of benzene rings is 8. The Labute approximate surface area is 340 Å². The van der Waals surface area contributed by atoms with Crippen LogP contribution in [0.1, 0.15) is 51.7 Å². The van der Waals surface area contributed by atoms with E-state index in [0.29, 0.717) is 0 Å². The highest BCUT2D eigenvalue weighted by atomic mass is 15.0. The minimum atomic E-state index is 0.142. The second-order valence-corrected chi connectivity index (χ2v) is 17.7. The maximum atomic E-state index is 2.48. The summed E-state index contributed by atoms with van der Waals surface area (Å²) in [7, 11) is 0. The third kappa shape index (κ3) is 5.46. The normalized spacial score (nSPS) is 14.7. The molecule has 2 heteroatoms. The molecule has 8 aromatic carbocycles. The molecular weight excluding hydrogens is 701 g/mol. The molecule has 58 heavy (non-hydrogen) atoms. The van der Waals surface area contributed by atoms with Crippen LogP contribution in [0, 0.1) is 0 Å². The van der Waals surface area contributed by atoms with Gasteiger partial charge in [0.05, 0.1) is 22.1 Å². The first kappa shape index (κ1) is 34.6. The number of aromatic nitrogens is 2. The van der Waals surface area contributed by atoms with Gasteiger partial charge in [-0.2, -0.15) is 0 Å². The molecule has 0 atom stereocenters. The summed E-state index contributed by atoms with van der Waals surface area (Å²) in [5.41, 5.74) is 17.9. The molecule has 0 bridgehead atoms. The molecule has 0 radical (unpaired) electrons. The van der Waals surface area contributed by atoms with Crippen molar-refractivity contribution in [3.8, 4) is 44.8 Å². The van der Waals surface area contributed by atoms with Crippen molar-refractivity contribution < 1.29 is 0 Å². The maximum Gasteiger partial charge on any atom is 0.0541 e. The van der Waals surface area contributed by atoms with Crippen molar-refractivity contribution in [2.75, 3.05) is 0 Å². The van der Waals surface area contributed by atoms with Crippen LogP contribution in [0.15, 0.2) is 182 Å². The summed E-state index contributed by atoms with van der Waals surface area (Å²) in [6, 6.07) is 67.6. The lowest BCUT2D eigenvalue weighted by Gasteiger charge is -2.42. The lowest BCUT2D eigenvalue weighted by molar-refractivity contribution is 0.332. The number of hydrogen-bond donors (Lipinski definition) is 0. The molecule has 280 valence electrons. The van der Waals surface area contributed by atoms with Gasteiger partial charge in [-0.15, -0.1) is 0 Å². The van der Waals surface area contributed by atoms with E-state index >= 15 is 0 Å². The first-order chi connectivity index (χ1) is 28.2. The molecule has 0 aliphatic heterocycles. The largest absolute Gasteiger partial charge is 0.309 e. The molecule has 0 saturated carbocycles. The SMILES string of the molecule is CC1(C)CCC(C)(C)c2cc(-n3c4ccccc4c4cc(-c5ccc6c(c5)c5ccccc5n6-c5cc(-c6ccccc6)cc(-c6ccccc6)c5)ccc43)ccc21. The van der Waals surface area contributed by atoms with Crippen LogP contribution < -0.4 is 0 Å². The Balaban J connectivity index is 1.07. The average Bonchev–Trinajstić information content (AvgIpc) is 3.78. The predicted molar refractivity (Wildman–Crippen MR) is 247 cm³/mol. The maximum absolute atomic E-state index is 2.48. The van der Waals surface area contributed by atoms with Gasteiger partial charge >= 0.3 is 0 Å². The van der Waals surface area contributed by atoms with E-state index in [1.54, 1.807) is 0 Å². The number of fused-ring (bicyclic) bond motifs is 7. The predicted octanol–water partition coefficient (Wildman–Crippen LogP) is 15.2. The molecule has 1 aliphatic carbocycles. The number of para-hydroxylation sites is 2. The third-order valence-electron chi connectivity index (χ3n) is 13.2. The van der Waals surface area contributed by atoms with E-state index in [9.17, 15) is 0 Å². The lowest BCUT2D eigenvalue weighted by atomic mass is 9.63. The summed E-state index contributed by atoms with van der Waals surface area (Å²) in [6.45, 7) is 9.65. The number of rotatable bonds is 5. The van der Waals surface area contributed by atoms with Gasteiger partial charge in [-0.1, -0.05) is 143 Å². The highest BCUT2D eigenvalue weighted by Crippen LogP contribution is 2.47. The lowest BCUT2D eigenvalue weighted by Crippen LogP contribution is -2.33. The Bertz CT molecular complexity index is 3150. The fraction of sp³-hybridized carbons (Fsp3) is 0.143. The van der Waals surface area contributed by atoms with Gasteiger partial charge in [0, 0.05) is 32.9 Å². The average molecular weight is 747 g/mol. The molecular formula is C56H46N2. The van der Waals surface area contributed by atoms with Crippen LogP contribution in [0.4, 0.5) is 0 Å². The fourth-order valence-electron chi connectivity index (χ4n) is 9.91. The summed E-state index contributed by atoms with van der Waals surface area (Å²) in [5.74, 6) is 0. The Morgan fingerprint density at radius 3 is 1.29 bits per heavy atom. The summed E-state index contributed by atoms with van der Waals surface area (Å²) < 4.78 is 4.93. The van der Waals surface area contributed by atoms with Crippen LogP contribution in [0.2, 0.25) is 0 Å². The van der Waals surface area contributed by atoms with Gasteiger partial charge in [0.15, 0.2) is 0 Å². The van der Waals surface area contributed by atoms with Crippen molar-refractivity contribution in [1.29, 1.82) is 0 Å². The highest BCUT2D eigenvalue weighted by molar-refractivity contribution is 6.12. The van der Waals surface area contributed by atoms with Crippen LogP contribution in [0.5, 0.6) is 0 Å². The van der Waals surface area contributed by atoms with E-state index in [4.69, 9.17) is 0 Å². The molecule has 2 nitrogen and oxygen atoms in total. The Morgan fingerprint density at radius 1 is 0.310 bits per heavy atom. The van der Waals surface area contributed by atoms with Crippen molar-refractivity contribution in [1.82, 2.24) is 9.13 Å². The van der Waals surface area contributed by atoms with Crippen LogP contribution in [0.3, 0.4) is 0 Å². The zero-order valence-electron chi connectivity index (χ0n) is 33.6. The molecule has 0 amide bonds. The first-order valence-electron chi connectivity index (χ1n) is 20.7. The minimum Gasteiger partial charge on any atom is -0.309 e. The van der Waals surface area contributed by atoms with E-state index < -0.39 is 0 Å². The first-order valence-corrected chi connectivity index (χ1v) is 20.7. The zero-order chi connectivity index (χ0) is 39.2. The summed E-state index contributed by atoms with van der Waals surface area (Å²) in [6.07, 6.45) is 2.41. The fourth-order valence-corrected chi connectivity index (χ4v) is 9.91. The Hall–Kier alpha value is -6.64. The molecule has 10 aromatic rings. The van der Waals surface area contributed by atoms with Gasteiger partial charge in [0.1, 0.15) is 0 Å². The van der Waals surface area contributed by atoms with Crippen molar-refractivity contribution in [3.05, 3.63) is 193 Å². The summed E-state index contributed by atoms with van der Waals surface area (Å²) in [5, 5.41) is 5.06. The third-order valence-corrected chi connectivity index (χ3v) is 13.2. The monoisotopic (exact) mass is 746 g/mol. The van der Waals surface area contributed by atoms with E-state index in [2.05, 4.69) is 219 Å². The molecule has 11 rings (SSSR count). The van der Waals surface area contributed by atoms with Crippen LogP contribution in [-0.2, 0) is 10.8 Å². The molecule has 0 spiro atoms. The quantitative estimate of drug-likeness (QED) is 0.166. The van der Waals surface area contributed by atoms with Crippen LogP contribution in [0.25, 0.3) is 88.4 Å². The molecule has 0 saturated heterocycles. The highest BCUT2D eigenvalue weighted by Gasteiger charge is 2.37. The second-order valence-electron chi connectivity index (χ2n) is 17.7. The zero-order valence-corrected chi connectivity index (χ0v) is 33.6. The summed E-state index contributed by atoms with van der Waals surface area (Å²) >= 11 is 0.